The first-order valence-corrected chi connectivity index (χ1v) is 5.86. The maximum atomic E-state index is 6.32. The topological polar surface area (TPSA) is 38.0 Å². The monoisotopic (exact) mass is 226 g/mol. The molecule has 0 aromatic heterocycles. The van der Waals surface area contributed by atoms with Crippen LogP contribution in [0.4, 0.5) is 0 Å². The summed E-state index contributed by atoms with van der Waals surface area (Å²) in [5.41, 5.74) is 9.91. The molecule has 3 N–H and O–H groups in total. The van der Waals surface area contributed by atoms with Gasteiger partial charge in [0.2, 0.25) is 0 Å². The van der Waals surface area contributed by atoms with Crippen molar-refractivity contribution in [2.75, 3.05) is 7.05 Å². The molecule has 0 radical (unpaired) electrons. The van der Waals surface area contributed by atoms with Gasteiger partial charge in [0.25, 0.3) is 0 Å². The number of rotatable bonds is 4. The van der Waals surface area contributed by atoms with Gasteiger partial charge >= 0.3 is 0 Å². The smallest absolute Gasteiger partial charge is 0.0554 e. The van der Waals surface area contributed by atoms with E-state index < -0.39 is 0 Å². The Morgan fingerprint density at radius 1 is 1.00 bits per heavy atom. The molecule has 88 valence electrons. The van der Waals surface area contributed by atoms with E-state index in [4.69, 9.17) is 5.73 Å². The van der Waals surface area contributed by atoms with Crippen molar-refractivity contribution in [3.05, 3.63) is 71.3 Å². The van der Waals surface area contributed by atoms with E-state index in [0.717, 1.165) is 12.1 Å². The van der Waals surface area contributed by atoms with E-state index in [-0.39, 0.29) is 6.04 Å². The third-order valence-corrected chi connectivity index (χ3v) is 2.92. The highest BCUT2D eigenvalue weighted by Crippen LogP contribution is 2.22. The Labute approximate surface area is 102 Å². The number of hydrogen-bond acceptors (Lipinski definition) is 2. The van der Waals surface area contributed by atoms with Crippen LogP contribution in [0.5, 0.6) is 0 Å². The lowest BCUT2D eigenvalue weighted by molar-refractivity contribution is 0.778. The van der Waals surface area contributed by atoms with Gasteiger partial charge in [0.05, 0.1) is 6.04 Å². The third kappa shape index (κ3) is 2.73. The summed E-state index contributed by atoms with van der Waals surface area (Å²) in [6.45, 7) is 0.844. The van der Waals surface area contributed by atoms with E-state index in [0.29, 0.717) is 0 Å². The summed E-state index contributed by atoms with van der Waals surface area (Å²) in [6, 6.07) is 18.5. The van der Waals surface area contributed by atoms with Crippen molar-refractivity contribution in [1.29, 1.82) is 0 Å². The highest BCUT2D eigenvalue weighted by atomic mass is 14.8. The van der Waals surface area contributed by atoms with Crippen molar-refractivity contribution < 1.29 is 0 Å². The van der Waals surface area contributed by atoms with Gasteiger partial charge in [-0.25, -0.2) is 0 Å². The summed E-state index contributed by atoms with van der Waals surface area (Å²) in [5, 5.41) is 3.18. The van der Waals surface area contributed by atoms with E-state index in [1.165, 1.54) is 11.1 Å². The third-order valence-electron chi connectivity index (χ3n) is 2.92. The number of benzene rings is 2. The number of nitrogens with two attached hydrogens (primary N) is 1. The van der Waals surface area contributed by atoms with Crippen molar-refractivity contribution >= 4 is 0 Å². The summed E-state index contributed by atoms with van der Waals surface area (Å²) in [5.74, 6) is 0. The Bertz CT molecular complexity index is 465. The fourth-order valence-electron chi connectivity index (χ4n) is 2.03. The Kier molecular flexibility index (Phi) is 3.91. The minimum atomic E-state index is -0.0549. The second-order valence-corrected chi connectivity index (χ2v) is 4.12. The molecule has 0 saturated carbocycles. The van der Waals surface area contributed by atoms with Crippen molar-refractivity contribution in [2.24, 2.45) is 5.73 Å². The van der Waals surface area contributed by atoms with E-state index in [1.807, 2.05) is 37.4 Å². The minimum absolute atomic E-state index is 0.0549. The molecule has 0 fully saturated rings. The minimum Gasteiger partial charge on any atom is -0.320 e. The lowest BCUT2D eigenvalue weighted by Crippen LogP contribution is -2.16. The molecule has 2 heteroatoms. The molecule has 2 rings (SSSR count). The molecule has 0 amide bonds. The summed E-state index contributed by atoms with van der Waals surface area (Å²) >= 11 is 0. The molecule has 1 unspecified atom stereocenters. The zero-order chi connectivity index (χ0) is 12.1. The first kappa shape index (κ1) is 11.8. The van der Waals surface area contributed by atoms with Gasteiger partial charge in [-0.2, -0.15) is 0 Å². The molecule has 0 bridgehead atoms. The van der Waals surface area contributed by atoms with Gasteiger partial charge in [0.15, 0.2) is 0 Å². The van der Waals surface area contributed by atoms with Gasteiger partial charge < -0.3 is 11.1 Å². The zero-order valence-corrected chi connectivity index (χ0v) is 10.1. The van der Waals surface area contributed by atoms with Crippen molar-refractivity contribution in [1.82, 2.24) is 5.32 Å². The molecule has 0 spiro atoms. The average Bonchev–Trinajstić information content (AvgIpc) is 2.40. The summed E-state index contributed by atoms with van der Waals surface area (Å²) < 4.78 is 0. The van der Waals surface area contributed by atoms with E-state index >= 15 is 0 Å². The van der Waals surface area contributed by atoms with E-state index in [9.17, 15) is 0 Å². The summed E-state index contributed by atoms with van der Waals surface area (Å²) in [6.07, 6.45) is 0. The predicted molar refractivity (Wildman–Crippen MR) is 71.7 cm³/mol. The van der Waals surface area contributed by atoms with Crippen LogP contribution in [0.2, 0.25) is 0 Å². The molecule has 0 aliphatic heterocycles. The van der Waals surface area contributed by atoms with Crippen molar-refractivity contribution in [3.8, 4) is 0 Å². The highest BCUT2D eigenvalue weighted by Gasteiger charge is 2.11. The van der Waals surface area contributed by atoms with Crippen LogP contribution in [0.1, 0.15) is 22.7 Å². The molecule has 0 aliphatic carbocycles. The molecule has 2 aromatic carbocycles. The predicted octanol–water partition coefficient (Wildman–Crippen LogP) is 2.45. The summed E-state index contributed by atoms with van der Waals surface area (Å²) in [4.78, 5) is 0. The first-order valence-electron chi connectivity index (χ1n) is 5.86. The normalized spacial score (nSPS) is 12.4. The quantitative estimate of drug-likeness (QED) is 0.840. The molecule has 0 aliphatic rings. The van der Waals surface area contributed by atoms with Crippen LogP contribution in [0, 0.1) is 0 Å². The summed E-state index contributed by atoms with van der Waals surface area (Å²) in [7, 11) is 1.95. The van der Waals surface area contributed by atoms with Gasteiger partial charge in [-0.1, -0.05) is 54.6 Å². The lowest BCUT2D eigenvalue weighted by atomic mass is 9.95. The van der Waals surface area contributed by atoms with E-state index in [2.05, 4.69) is 29.6 Å². The Balaban J connectivity index is 2.33. The number of nitrogens with one attached hydrogen (secondary N) is 1. The maximum Gasteiger partial charge on any atom is 0.0554 e. The zero-order valence-electron chi connectivity index (χ0n) is 10.1. The van der Waals surface area contributed by atoms with Crippen LogP contribution < -0.4 is 11.1 Å². The Hall–Kier alpha value is -1.64. The molecular formula is C15H18N2. The maximum absolute atomic E-state index is 6.32. The highest BCUT2D eigenvalue weighted by molar-refractivity contribution is 5.36. The molecule has 0 heterocycles. The standard InChI is InChI=1S/C15H18N2/c1-17-11-13-9-5-6-10-14(13)15(16)12-7-3-2-4-8-12/h2-10,15,17H,11,16H2,1H3. The van der Waals surface area contributed by atoms with Crippen LogP contribution in [0.3, 0.4) is 0 Å². The second-order valence-electron chi connectivity index (χ2n) is 4.12. The molecule has 0 saturated heterocycles. The molecule has 2 nitrogen and oxygen atoms in total. The fourth-order valence-corrected chi connectivity index (χ4v) is 2.03. The second kappa shape index (κ2) is 5.62. The van der Waals surface area contributed by atoms with Crippen LogP contribution >= 0.6 is 0 Å². The van der Waals surface area contributed by atoms with Crippen LogP contribution in [-0.2, 0) is 6.54 Å². The Morgan fingerprint density at radius 2 is 1.65 bits per heavy atom. The number of hydrogen-bond donors (Lipinski definition) is 2. The van der Waals surface area contributed by atoms with Crippen LogP contribution in [0.15, 0.2) is 54.6 Å². The largest absolute Gasteiger partial charge is 0.320 e. The average molecular weight is 226 g/mol. The SMILES string of the molecule is CNCc1ccccc1C(N)c1ccccc1. The van der Waals surface area contributed by atoms with Gasteiger partial charge in [0, 0.05) is 6.54 Å². The fraction of sp³-hybridized carbons (Fsp3) is 0.200. The lowest BCUT2D eigenvalue weighted by Gasteiger charge is -2.16. The van der Waals surface area contributed by atoms with Gasteiger partial charge in [0.1, 0.15) is 0 Å². The molecule has 17 heavy (non-hydrogen) atoms. The van der Waals surface area contributed by atoms with Crippen LogP contribution in [-0.4, -0.2) is 7.05 Å². The molecular weight excluding hydrogens is 208 g/mol. The van der Waals surface area contributed by atoms with Gasteiger partial charge in [-0.15, -0.1) is 0 Å². The molecule has 1 atom stereocenters. The first-order chi connectivity index (χ1) is 8.33. The van der Waals surface area contributed by atoms with Crippen molar-refractivity contribution in [3.63, 3.8) is 0 Å². The van der Waals surface area contributed by atoms with Crippen molar-refractivity contribution in [2.45, 2.75) is 12.6 Å². The van der Waals surface area contributed by atoms with Gasteiger partial charge in [-0.3, -0.25) is 0 Å². The van der Waals surface area contributed by atoms with E-state index in [1.54, 1.807) is 0 Å². The van der Waals surface area contributed by atoms with Crippen LogP contribution in [0.25, 0.3) is 0 Å². The Morgan fingerprint density at radius 3 is 2.35 bits per heavy atom. The molecule has 2 aromatic rings. The van der Waals surface area contributed by atoms with Gasteiger partial charge in [-0.05, 0) is 23.7 Å².